The number of rotatable bonds is 2. The first kappa shape index (κ1) is 17.5. The van der Waals surface area contributed by atoms with E-state index in [1.807, 2.05) is 24.3 Å². The molecule has 4 heteroatoms. The predicted molar refractivity (Wildman–Crippen MR) is 103 cm³/mol. The molecule has 2 aliphatic carbocycles. The van der Waals surface area contributed by atoms with Crippen molar-refractivity contribution in [3.63, 3.8) is 0 Å². The van der Waals surface area contributed by atoms with Crippen molar-refractivity contribution >= 4 is 11.7 Å². The van der Waals surface area contributed by atoms with E-state index in [1.165, 1.54) is 5.56 Å². The lowest BCUT2D eigenvalue weighted by Crippen LogP contribution is -2.51. The number of hydrogen-bond donors (Lipinski definition) is 1. The highest BCUT2D eigenvalue weighted by Crippen LogP contribution is 2.29. The average molecular weight is 358 g/mol. The molecule has 2 aromatic rings. The summed E-state index contributed by atoms with van der Waals surface area (Å²) in [6.45, 7) is 0. The van der Waals surface area contributed by atoms with Gasteiger partial charge in [-0.25, -0.2) is 0 Å². The molecule has 1 atom stereocenters. The summed E-state index contributed by atoms with van der Waals surface area (Å²) in [5.41, 5.74) is 3.71. The Hall–Kier alpha value is -2.93. The van der Waals surface area contributed by atoms with Crippen LogP contribution in [0.4, 0.5) is 0 Å². The highest BCUT2D eigenvalue weighted by molar-refractivity contribution is 6.00. The van der Waals surface area contributed by atoms with Crippen molar-refractivity contribution < 1.29 is 9.59 Å². The number of ketones is 1. The van der Waals surface area contributed by atoms with Gasteiger partial charge in [0.15, 0.2) is 5.78 Å². The number of nitrogens with one attached hydrogen (secondary N) is 1. The van der Waals surface area contributed by atoms with E-state index in [9.17, 15) is 14.9 Å². The highest BCUT2D eigenvalue weighted by Gasteiger charge is 2.36. The smallest absolute Gasteiger partial charge is 0.252 e. The molecule has 2 aliphatic rings. The largest absolute Gasteiger partial charge is 0.333 e. The van der Waals surface area contributed by atoms with Crippen LogP contribution in [0.3, 0.4) is 0 Å². The molecule has 1 N–H and O–H groups in total. The van der Waals surface area contributed by atoms with Gasteiger partial charge in [0.25, 0.3) is 5.91 Å². The fraction of sp³-hybridized carbons (Fsp3) is 0.348. The van der Waals surface area contributed by atoms with E-state index in [0.29, 0.717) is 24.8 Å². The second-order valence-corrected chi connectivity index (χ2v) is 7.60. The molecule has 27 heavy (non-hydrogen) atoms. The molecule has 0 spiro atoms. The fourth-order valence-corrected chi connectivity index (χ4v) is 4.20. The number of carbonyl (C=O) groups excluding carboxylic acids is 2. The minimum Gasteiger partial charge on any atom is -0.333 e. The summed E-state index contributed by atoms with van der Waals surface area (Å²) >= 11 is 0. The lowest BCUT2D eigenvalue weighted by Gasteiger charge is -2.33. The van der Waals surface area contributed by atoms with Gasteiger partial charge in [0.05, 0.1) is 6.07 Å². The van der Waals surface area contributed by atoms with Crippen LogP contribution in [0.2, 0.25) is 0 Å². The van der Waals surface area contributed by atoms with Gasteiger partial charge < -0.3 is 5.32 Å². The van der Waals surface area contributed by atoms with Crippen molar-refractivity contribution in [3.8, 4) is 6.07 Å². The number of hydrogen-bond acceptors (Lipinski definition) is 3. The Morgan fingerprint density at radius 1 is 1.00 bits per heavy atom. The molecular weight excluding hydrogens is 336 g/mol. The van der Waals surface area contributed by atoms with E-state index >= 15 is 0 Å². The molecule has 4 nitrogen and oxygen atoms in total. The van der Waals surface area contributed by atoms with Crippen molar-refractivity contribution in [2.24, 2.45) is 0 Å². The first-order valence-corrected chi connectivity index (χ1v) is 9.57. The molecule has 1 amide bonds. The first-order valence-electron chi connectivity index (χ1n) is 9.57. The maximum absolute atomic E-state index is 12.9. The second-order valence-electron chi connectivity index (χ2n) is 7.60. The summed E-state index contributed by atoms with van der Waals surface area (Å²) in [6.07, 6.45) is 5.16. The van der Waals surface area contributed by atoms with Crippen LogP contribution in [-0.2, 0) is 19.3 Å². The third-order valence-corrected chi connectivity index (χ3v) is 5.77. The van der Waals surface area contributed by atoms with Gasteiger partial charge in [0.2, 0.25) is 0 Å². The molecular formula is C23H22N2O2. The van der Waals surface area contributed by atoms with Gasteiger partial charge in [0.1, 0.15) is 5.54 Å². The Bertz CT molecular complexity index is 957. The number of Topliss-reactive ketones (excluding diaryl/α,β-unsaturated/α-hetero) is 1. The van der Waals surface area contributed by atoms with Crippen LogP contribution >= 0.6 is 0 Å². The van der Waals surface area contributed by atoms with E-state index < -0.39 is 5.54 Å². The maximum Gasteiger partial charge on any atom is 0.252 e. The number of aryl methyl sites for hydroxylation is 2. The Balaban J connectivity index is 1.58. The van der Waals surface area contributed by atoms with Gasteiger partial charge in [0, 0.05) is 24.0 Å². The number of amides is 1. The Morgan fingerprint density at radius 3 is 2.59 bits per heavy atom. The Labute approximate surface area is 159 Å². The quantitative estimate of drug-likeness (QED) is 0.831. The van der Waals surface area contributed by atoms with E-state index in [2.05, 4.69) is 17.5 Å². The minimum absolute atomic E-state index is 0.159. The van der Waals surface area contributed by atoms with Crippen molar-refractivity contribution in [3.05, 3.63) is 70.3 Å². The zero-order valence-electron chi connectivity index (χ0n) is 15.3. The van der Waals surface area contributed by atoms with Gasteiger partial charge in [-0.2, -0.15) is 5.26 Å². The monoisotopic (exact) mass is 358 g/mol. The molecule has 0 bridgehead atoms. The van der Waals surface area contributed by atoms with Crippen LogP contribution < -0.4 is 5.32 Å². The standard InChI is InChI=1S/C23H22N2O2/c24-15-23(12-11-16-5-1-2-7-19(16)14-23)25-22(27)18-9-10-20-17(13-18)6-3-4-8-21(20)26/h1-2,5,7,9-10,13H,3-4,6,8,11-12,14H2,(H,25,27)/t23-/m0/s1. The van der Waals surface area contributed by atoms with Crippen LogP contribution in [0.25, 0.3) is 0 Å². The zero-order chi connectivity index (χ0) is 18.9. The van der Waals surface area contributed by atoms with E-state index in [1.54, 1.807) is 12.1 Å². The Morgan fingerprint density at radius 2 is 1.78 bits per heavy atom. The lowest BCUT2D eigenvalue weighted by atomic mass is 9.78. The zero-order valence-corrected chi connectivity index (χ0v) is 15.3. The van der Waals surface area contributed by atoms with E-state index in [0.717, 1.165) is 42.4 Å². The normalized spacial score (nSPS) is 21.4. The number of nitrogens with zero attached hydrogens (tertiary/aromatic N) is 1. The van der Waals surface area contributed by atoms with Gasteiger partial charge in [-0.1, -0.05) is 30.3 Å². The minimum atomic E-state index is -0.881. The SMILES string of the molecule is N#C[C@]1(NC(=O)c2ccc3c(c2)CCCCC3=O)CCc2ccccc2C1. The third-order valence-electron chi connectivity index (χ3n) is 5.77. The number of benzene rings is 2. The van der Waals surface area contributed by atoms with Gasteiger partial charge in [-0.05, 0) is 60.9 Å². The summed E-state index contributed by atoms with van der Waals surface area (Å²) in [7, 11) is 0. The highest BCUT2D eigenvalue weighted by atomic mass is 16.2. The summed E-state index contributed by atoms with van der Waals surface area (Å²) < 4.78 is 0. The molecule has 0 radical (unpaired) electrons. The van der Waals surface area contributed by atoms with Crippen LogP contribution in [0.15, 0.2) is 42.5 Å². The lowest BCUT2D eigenvalue weighted by molar-refractivity contribution is 0.0911. The topological polar surface area (TPSA) is 70.0 Å². The first-order chi connectivity index (χ1) is 13.1. The summed E-state index contributed by atoms with van der Waals surface area (Å²) in [5, 5.41) is 12.8. The van der Waals surface area contributed by atoms with Crippen LogP contribution in [0.1, 0.15) is 63.1 Å². The van der Waals surface area contributed by atoms with Crippen LogP contribution in [0.5, 0.6) is 0 Å². The van der Waals surface area contributed by atoms with Crippen molar-refractivity contribution in [1.82, 2.24) is 5.32 Å². The molecule has 0 aromatic heterocycles. The molecule has 0 unspecified atom stereocenters. The molecule has 0 saturated carbocycles. The van der Waals surface area contributed by atoms with Crippen LogP contribution in [-0.4, -0.2) is 17.2 Å². The number of nitriles is 1. The van der Waals surface area contributed by atoms with Crippen LogP contribution in [0, 0.1) is 11.3 Å². The van der Waals surface area contributed by atoms with Gasteiger partial charge in [-0.15, -0.1) is 0 Å². The van der Waals surface area contributed by atoms with Gasteiger partial charge >= 0.3 is 0 Å². The van der Waals surface area contributed by atoms with Gasteiger partial charge in [-0.3, -0.25) is 9.59 Å². The molecule has 0 aliphatic heterocycles. The van der Waals surface area contributed by atoms with E-state index in [4.69, 9.17) is 0 Å². The fourth-order valence-electron chi connectivity index (χ4n) is 4.20. The van der Waals surface area contributed by atoms with Crippen molar-refractivity contribution in [2.45, 2.75) is 50.5 Å². The average Bonchev–Trinajstić information content (AvgIpc) is 2.89. The molecule has 0 saturated heterocycles. The predicted octanol–water partition coefficient (Wildman–Crippen LogP) is 3.78. The summed E-state index contributed by atoms with van der Waals surface area (Å²) in [6, 6.07) is 15.8. The number of fused-ring (bicyclic) bond motifs is 2. The summed E-state index contributed by atoms with van der Waals surface area (Å²) in [5.74, 6) is -0.0812. The molecule has 0 heterocycles. The Kier molecular flexibility index (Phi) is 4.53. The molecule has 4 rings (SSSR count). The number of carbonyl (C=O) groups is 2. The van der Waals surface area contributed by atoms with E-state index in [-0.39, 0.29) is 11.7 Å². The van der Waals surface area contributed by atoms with Crippen molar-refractivity contribution in [1.29, 1.82) is 5.26 Å². The maximum atomic E-state index is 12.9. The summed E-state index contributed by atoms with van der Waals surface area (Å²) in [4.78, 5) is 25.1. The molecule has 0 fully saturated rings. The molecule has 2 aromatic carbocycles. The van der Waals surface area contributed by atoms with Crippen molar-refractivity contribution in [2.75, 3.05) is 0 Å². The molecule has 136 valence electrons. The second kappa shape index (κ2) is 7.00. The third kappa shape index (κ3) is 3.38.